The van der Waals surface area contributed by atoms with Crippen molar-refractivity contribution in [1.29, 1.82) is 0 Å². The van der Waals surface area contributed by atoms with Gasteiger partial charge in [-0.05, 0) is 70.1 Å². The number of hydrogen-bond donors (Lipinski definition) is 0. The van der Waals surface area contributed by atoms with Crippen LogP contribution in [-0.4, -0.2) is 15.0 Å². The Labute approximate surface area is 288 Å². The summed E-state index contributed by atoms with van der Waals surface area (Å²) in [5, 5.41) is 4.85. The first-order chi connectivity index (χ1) is 24.2. The SMILES string of the molecule is [C-]#[N+]c1ccc2c(c1)-c1c(-c3nc(-c4ccc5ccccc5c4)nc(-c4ccc5c(c4)sc4ccccc45)n3)cccc1C21CCCCC1. The van der Waals surface area contributed by atoms with Crippen LogP contribution in [0.5, 0.6) is 0 Å². The van der Waals surface area contributed by atoms with Crippen LogP contribution in [0, 0.1) is 6.57 Å². The number of aromatic nitrogens is 3. The summed E-state index contributed by atoms with van der Waals surface area (Å²) in [5.74, 6) is 1.97. The Morgan fingerprint density at radius 1 is 0.551 bits per heavy atom. The summed E-state index contributed by atoms with van der Waals surface area (Å²) in [6.45, 7) is 7.83. The fourth-order valence-electron chi connectivity index (χ4n) is 8.44. The van der Waals surface area contributed by atoms with E-state index < -0.39 is 0 Å². The fraction of sp³-hybridized carbons (Fsp3) is 0.136. The molecular formula is C44H30N4S. The Morgan fingerprint density at radius 3 is 2.14 bits per heavy atom. The molecule has 4 nitrogen and oxygen atoms in total. The van der Waals surface area contributed by atoms with Crippen molar-refractivity contribution in [1.82, 2.24) is 15.0 Å². The molecule has 0 unspecified atom stereocenters. The van der Waals surface area contributed by atoms with E-state index in [1.807, 2.05) is 6.07 Å². The summed E-state index contributed by atoms with van der Waals surface area (Å²) < 4.78 is 2.49. The highest BCUT2D eigenvalue weighted by atomic mass is 32.1. The topological polar surface area (TPSA) is 43.0 Å². The number of benzene rings is 6. The third-order valence-electron chi connectivity index (χ3n) is 10.7. The normalized spacial score (nSPS) is 14.7. The second-order valence-corrected chi connectivity index (χ2v) is 14.5. The maximum Gasteiger partial charge on any atom is 0.187 e. The molecule has 2 heterocycles. The molecule has 0 aliphatic heterocycles. The molecule has 1 fully saturated rings. The van der Waals surface area contributed by atoms with Gasteiger partial charge in [-0.15, -0.1) is 11.3 Å². The van der Waals surface area contributed by atoms with Gasteiger partial charge in [-0.1, -0.05) is 116 Å². The van der Waals surface area contributed by atoms with Crippen molar-refractivity contribution >= 4 is 48.0 Å². The molecule has 2 aliphatic rings. The second-order valence-electron chi connectivity index (χ2n) is 13.4. The lowest BCUT2D eigenvalue weighted by molar-refractivity contribution is 0.353. The standard InChI is InChI=1S/C44H30N4S/c1-45-31-19-21-36-35(26-31)40-34(13-9-14-37(40)44(36)22-7-2-8-23-44)43-47-41(29-17-16-27-10-3-4-11-28(27)24-29)46-42(48-43)30-18-20-33-32-12-5-6-15-38(32)49-39(33)25-30/h3-6,9-21,24-26H,2,7-8,22-23H2. The van der Waals surface area contributed by atoms with Crippen LogP contribution in [0.3, 0.4) is 0 Å². The second kappa shape index (κ2) is 10.9. The fourth-order valence-corrected chi connectivity index (χ4v) is 9.59. The van der Waals surface area contributed by atoms with Gasteiger partial charge >= 0.3 is 0 Å². The third kappa shape index (κ3) is 4.38. The summed E-state index contributed by atoms with van der Waals surface area (Å²) in [6.07, 6.45) is 5.91. The lowest BCUT2D eigenvalue weighted by Crippen LogP contribution is -2.28. The Bertz CT molecular complexity index is 2670. The van der Waals surface area contributed by atoms with Gasteiger partial charge in [0.05, 0.1) is 6.57 Å². The lowest BCUT2D eigenvalue weighted by atomic mass is 9.68. The van der Waals surface area contributed by atoms with Crippen molar-refractivity contribution in [2.75, 3.05) is 0 Å². The predicted octanol–water partition coefficient (Wildman–Crippen LogP) is 12.2. The number of rotatable bonds is 3. The highest BCUT2D eigenvalue weighted by molar-refractivity contribution is 7.25. The summed E-state index contributed by atoms with van der Waals surface area (Å²) in [4.78, 5) is 19.5. The van der Waals surface area contributed by atoms with E-state index in [1.54, 1.807) is 11.3 Å². The average Bonchev–Trinajstić information content (AvgIpc) is 3.67. The minimum atomic E-state index is -0.0390. The minimum absolute atomic E-state index is 0.0390. The van der Waals surface area contributed by atoms with Crippen LogP contribution < -0.4 is 0 Å². The number of fused-ring (bicyclic) bond motifs is 9. The van der Waals surface area contributed by atoms with Crippen LogP contribution in [0.1, 0.15) is 43.2 Å². The van der Waals surface area contributed by atoms with E-state index in [1.165, 1.54) is 61.5 Å². The molecule has 0 radical (unpaired) electrons. The van der Waals surface area contributed by atoms with Crippen LogP contribution in [-0.2, 0) is 5.41 Å². The largest absolute Gasteiger partial charge is 0.238 e. The first-order valence-corrected chi connectivity index (χ1v) is 17.8. The molecule has 1 spiro atoms. The Morgan fingerprint density at radius 2 is 1.29 bits per heavy atom. The molecule has 232 valence electrons. The zero-order chi connectivity index (χ0) is 32.5. The number of nitrogens with zero attached hydrogens (tertiary/aromatic N) is 4. The van der Waals surface area contributed by atoms with Crippen molar-refractivity contribution in [2.45, 2.75) is 37.5 Å². The zero-order valence-electron chi connectivity index (χ0n) is 26.8. The molecule has 2 aliphatic carbocycles. The Kier molecular flexibility index (Phi) is 6.31. The van der Waals surface area contributed by atoms with Gasteiger partial charge in [-0.3, -0.25) is 0 Å². The van der Waals surface area contributed by atoms with Gasteiger partial charge in [0, 0.05) is 42.3 Å². The molecule has 8 aromatic rings. The predicted molar refractivity (Wildman–Crippen MR) is 202 cm³/mol. The average molecular weight is 647 g/mol. The third-order valence-corrected chi connectivity index (χ3v) is 11.9. The van der Waals surface area contributed by atoms with E-state index in [2.05, 4.69) is 120 Å². The van der Waals surface area contributed by atoms with Gasteiger partial charge in [0.1, 0.15) is 0 Å². The van der Waals surface area contributed by atoms with E-state index >= 15 is 0 Å². The van der Waals surface area contributed by atoms with Crippen molar-refractivity contribution in [3.8, 4) is 45.3 Å². The van der Waals surface area contributed by atoms with Crippen molar-refractivity contribution in [2.24, 2.45) is 0 Å². The minimum Gasteiger partial charge on any atom is -0.238 e. The Hall–Kier alpha value is -5.70. The number of thiophene rings is 1. The van der Waals surface area contributed by atoms with E-state index in [4.69, 9.17) is 21.5 Å². The monoisotopic (exact) mass is 646 g/mol. The van der Waals surface area contributed by atoms with Crippen LogP contribution in [0.25, 0.3) is 81.1 Å². The van der Waals surface area contributed by atoms with Crippen molar-refractivity contribution in [3.63, 3.8) is 0 Å². The summed E-state index contributed by atoms with van der Waals surface area (Å²) >= 11 is 1.80. The van der Waals surface area contributed by atoms with Crippen LogP contribution in [0.2, 0.25) is 0 Å². The molecule has 0 bridgehead atoms. The molecule has 0 amide bonds. The number of hydrogen-bond acceptors (Lipinski definition) is 4. The van der Waals surface area contributed by atoms with E-state index in [0.29, 0.717) is 23.2 Å². The molecule has 1 saturated carbocycles. The molecule has 0 atom stereocenters. The van der Waals surface area contributed by atoms with Crippen LogP contribution >= 0.6 is 11.3 Å². The Balaban J connectivity index is 1.22. The summed E-state index contributed by atoms with van der Waals surface area (Å²) in [6, 6.07) is 43.0. The molecule has 6 aromatic carbocycles. The van der Waals surface area contributed by atoms with Crippen molar-refractivity contribution < 1.29 is 0 Å². The van der Waals surface area contributed by atoms with Crippen LogP contribution in [0.15, 0.2) is 121 Å². The highest BCUT2D eigenvalue weighted by Gasteiger charge is 2.44. The van der Waals surface area contributed by atoms with Gasteiger partial charge in [0.25, 0.3) is 0 Å². The lowest BCUT2D eigenvalue weighted by Gasteiger charge is -2.36. The first kappa shape index (κ1) is 28.3. The van der Waals surface area contributed by atoms with E-state index in [9.17, 15) is 0 Å². The van der Waals surface area contributed by atoms with E-state index in [0.717, 1.165) is 40.5 Å². The van der Waals surface area contributed by atoms with Gasteiger partial charge in [0.15, 0.2) is 23.2 Å². The van der Waals surface area contributed by atoms with Crippen molar-refractivity contribution in [3.05, 3.63) is 144 Å². The molecule has 0 saturated heterocycles. The van der Waals surface area contributed by atoms with Gasteiger partial charge in [-0.2, -0.15) is 0 Å². The quantitative estimate of drug-likeness (QED) is 0.179. The maximum absolute atomic E-state index is 7.83. The molecule has 10 rings (SSSR count). The summed E-state index contributed by atoms with van der Waals surface area (Å²) in [7, 11) is 0. The van der Waals surface area contributed by atoms with Gasteiger partial charge < -0.3 is 0 Å². The summed E-state index contributed by atoms with van der Waals surface area (Å²) in [5.41, 5.74) is 8.57. The van der Waals surface area contributed by atoms with Crippen LogP contribution in [0.4, 0.5) is 5.69 Å². The highest BCUT2D eigenvalue weighted by Crippen LogP contribution is 2.58. The van der Waals surface area contributed by atoms with Gasteiger partial charge in [0.2, 0.25) is 0 Å². The molecule has 0 N–H and O–H groups in total. The van der Waals surface area contributed by atoms with Gasteiger partial charge in [-0.25, -0.2) is 19.8 Å². The first-order valence-electron chi connectivity index (χ1n) is 17.0. The maximum atomic E-state index is 7.83. The smallest absolute Gasteiger partial charge is 0.187 e. The molecule has 5 heteroatoms. The zero-order valence-corrected chi connectivity index (χ0v) is 27.6. The molecular weight excluding hydrogens is 617 g/mol. The van der Waals surface area contributed by atoms with E-state index in [-0.39, 0.29) is 5.41 Å². The molecule has 49 heavy (non-hydrogen) atoms. The molecule has 2 aromatic heterocycles.